The van der Waals surface area contributed by atoms with Crippen molar-refractivity contribution < 1.29 is 47.7 Å². The van der Waals surface area contributed by atoms with Gasteiger partial charge in [0.15, 0.2) is 26.9 Å². The van der Waals surface area contributed by atoms with Gasteiger partial charge in [-0.3, -0.25) is 38.8 Å². The normalized spacial score (nSPS) is 21.5. The van der Waals surface area contributed by atoms with E-state index in [1.54, 1.807) is 13.8 Å². The summed E-state index contributed by atoms with van der Waals surface area (Å²) in [6.07, 6.45) is -2.05. The summed E-state index contributed by atoms with van der Waals surface area (Å²) >= 11 is 0. The van der Waals surface area contributed by atoms with Crippen LogP contribution in [0.1, 0.15) is 41.5 Å². The van der Waals surface area contributed by atoms with Crippen molar-refractivity contribution in [3.63, 3.8) is 0 Å². The molecule has 2 saturated heterocycles. The van der Waals surface area contributed by atoms with Crippen molar-refractivity contribution in [2.24, 2.45) is 5.41 Å². The van der Waals surface area contributed by atoms with Crippen molar-refractivity contribution in [2.75, 3.05) is 26.9 Å². The molecule has 33 heavy (non-hydrogen) atoms. The van der Waals surface area contributed by atoms with E-state index in [2.05, 4.69) is 0 Å². The zero-order valence-corrected chi connectivity index (χ0v) is 19.4. The Balaban J connectivity index is 2.58. The van der Waals surface area contributed by atoms with E-state index in [4.69, 9.17) is 18.9 Å². The highest BCUT2D eigenvalue weighted by atomic mass is 16.6. The third kappa shape index (κ3) is 5.43. The molecule has 0 unspecified atom stereocenters. The molecule has 2 heterocycles. The molecule has 0 radical (unpaired) electrons. The molecule has 184 valence electrons. The van der Waals surface area contributed by atoms with Gasteiger partial charge in [0.25, 0.3) is 0 Å². The fourth-order valence-corrected chi connectivity index (χ4v) is 3.97. The Kier molecular flexibility index (Phi) is 7.72. The molecule has 0 spiro atoms. The Hall–Kier alpha value is -3.58. The van der Waals surface area contributed by atoms with Gasteiger partial charge < -0.3 is 18.9 Å². The largest absolute Gasteiger partial charge is 0.444 e. The molecule has 2 aliphatic rings. The molecule has 0 aromatic carbocycles. The third-order valence-corrected chi connectivity index (χ3v) is 5.12. The van der Waals surface area contributed by atoms with E-state index in [0.717, 1.165) is 47.3 Å². The lowest BCUT2D eigenvalue weighted by Crippen LogP contribution is -2.81. The number of hydrogen-bond donors (Lipinski definition) is 0. The fraction of sp³-hybridized carbons (Fsp3) is 0.684. The summed E-state index contributed by atoms with van der Waals surface area (Å²) in [5.41, 5.74) is -1.01. The molecule has 0 saturated carbocycles. The minimum atomic E-state index is -1.02. The number of hydrogen-bond acceptors (Lipinski definition) is 10. The van der Waals surface area contributed by atoms with Crippen LogP contribution in [0.25, 0.3) is 0 Å². The van der Waals surface area contributed by atoms with E-state index in [0.29, 0.717) is 0 Å². The lowest BCUT2D eigenvalue weighted by Gasteiger charge is -2.62. The quantitative estimate of drug-likeness (QED) is 0.354. The molecule has 0 atom stereocenters. The van der Waals surface area contributed by atoms with E-state index >= 15 is 0 Å². The highest BCUT2D eigenvalue weighted by Crippen LogP contribution is 2.45. The number of fused-ring (bicyclic) bond motifs is 2. The topological polar surface area (TPSA) is 152 Å². The molecule has 0 aromatic heterocycles. The van der Waals surface area contributed by atoms with E-state index in [-0.39, 0.29) is 0 Å². The monoisotopic (exact) mass is 472 g/mol. The molecular formula is C19H28N4O10. The summed E-state index contributed by atoms with van der Waals surface area (Å²) in [6.45, 7) is 5.99. The van der Waals surface area contributed by atoms with Crippen molar-refractivity contribution in [1.29, 1.82) is 0 Å². The second-order valence-corrected chi connectivity index (χ2v) is 8.07. The van der Waals surface area contributed by atoms with Gasteiger partial charge in [-0.1, -0.05) is 13.8 Å². The molecule has 0 N–H and O–H groups in total. The molecule has 2 aliphatic heterocycles. The minimum absolute atomic E-state index is 0.515. The molecule has 14 nitrogen and oxygen atoms in total. The molecule has 2 bridgehead atoms. The highest BCUT2D eigenvalue weighted by Gasteiger charge is 2.63. The molecule has 4 amide bonds. The van der Waals surface area contributed by atoms with Gasteiger partial charge in [-0.25, -0.2) is 9.59 Å². The predicted octanol–water partition coefficient (Wildman–Crippen LogP) is 0.222. The van der Waals surface area contributed by atoms with E-state index < -0.39 is 80.6 Å². The molecule has 2 fully saturated rings. The lowest BCUT2D eigenvalue weighted by molar-refractivity contribution is -0.209. The number of nitrogens with zero attached hydrogens (tertiary/aromatic N) is 4. The lowest BCUT2D eigenvalue weighted by atomic mass is 9.79. The fourth-order valence-electron chi connectivity index (χ4n) is 3.97. The number of ether oxygens (including phenoxy) is 4. The Morgan fingerprint density at radius 2 is 0.818 bits per heavy atom. The van der Waals surface area contributed by atoms with Crippen LogP contribution in [0.2, 0.25) is 0 Å². The number of rotatable bonds is 8. The minimum Gasteiger partial charge on any atom is -0.444 e. The van der Waals surface area contributed by atoms with Gasteiger partial charge >= 0.3 is 35.9 Å². The zero-order valence-electron chi connectivity index (χ0n) is 19.4. The van der Waals surface area contributed by atoms with Gasteiger partial charge in [-0.05, 0) is 0 Å². The number of carbonyl (C=O) groups is 6. The van der Waals surface area contributed by atoms with Gasteiger partial charge in [-0.2, -0.15) is 0 Å². The first-order valence-electron chi connectivity index (χ1n) is 9.97. The molecule has 0 aromatic rings. The van der Waals surface area contributed by atoms with Crippen LogP contribution in [0.5, 0.6) is 0 Å². The first kappa shape index (κ1) is 25.7. The summed E-state index contributed by atoms with van der Waals surface area (Å²) < 4.78 is 20.1. The maximum Gasteiger partial charge on any atom is 0.328 e. The van der Waals surface area contributed by atoms with Crippen LogP contribution in [0, 0.1) is 5.41 Å². The van der Waals surface area contributed by atoms with Gasteiger partial charge in [0.05, 0.1) is 0 Å². The van der Waals surface area contributed by atoms with Crippen LogP contribution in [0.15, 0.2) is 0 Å². The smallest absolute Gasteiger partial charge is 0.328 e. The second-order valence-electron chi connectivity index (χ2n) is 8.07. The van der Waals surface area contributed by atoms with Crippen LogP contribution in [-0.4, -0.2) is 94.8 Å². The van der Waals surface area contributed by atoms with Crippen LogP contribution in [0.3, 0.4) is 0 Å². The predicted molar refractivity (Wildman–Crippen MR) is 106 cm³/mol. The van der Waals surface area contributed by atoms with Crippen molar-refractivity contribution in [3.8, 4) is 0 Å². The molecular weight excluding hydrogens is 444 g/mol. The van der Waals surface area contributed by atoms with Gasteiger partial charge in [-0.15, -0.1) is 0 Å². The summed E-state index contributed by atoms with van der Waals surface area (Å²) in [5, 5.41) is 0. The standard InChI is InChI=1S/C19H28N4O10/c1-11(24)30-7-20-15-19(5,6)16(22(17(20)28)9-32-13(3)26)23(10-33-14(4)27)18(29)21(15)8-31-12(2)25/h15-16H,7-10H2,1-6H3. The Morgan fingerprint density at radius 3 is 1.00 bits per heavy atom. The number of esters is 4. The summed E-state index contributed by atoms with van der Waals surface area (Å²) in [7, 11) is 0. The van der Waals surface area contributed by atoms with E-state index in [1.165, 1.54) is 0 Å². The van der Waals surface area contributed by atoms with Crippen molar-refractivity contribution in [1.82, 2.24) is 19.6 Å². The highest BCUT2D eigenvalue weighted by molar-refractivity contribution is 5.83. The Labute approximate surface area is 190 Å². The summed E-state index contributed by atoms with van der Waals surface area (Å²) in [6, 6.07) is -1.44. The van der Waals surface area contributed by atoms with Crippen LogP contribution < -0.4 is 0 Å². The summed E-state index contributed by atoms with van der Waals surface area (Å²) in [5.74, 6) is -2.67. The van der Waals surface area contributed by atoms with Crippen LogP contribution >= 0.6 is 0 Å². The van der Waals surface area contributed by atoms with Crippen molar-refractivity contribution in [2.45, 2.75) is 53.9 Å². The molecule has 14 heteroatoms. The van der Waals surface area contributed by atoms with Gasteiger partial charge in [0.1, 0.15) is 12.3 Å². The number of carbonyl (C=O) groups excluding carboxylic acids is 6. The van der Waals surface area contributed by atoms with E-state index in [9.17, 15) is 28.8 Å². The maximum absolute atomic E-state index is 13.4. The first-order valence-corrected chi connectivity index (χ1v) is 9.97. The molecule has 2 rings (SSSR count). The zero-order chi connectivity index (χ0) is 25.1. The second kappa shape index (κ2) is 9.92. The first-order chi connectivity index (χ1) is 15.3. The Morgan fingerprint density at radius 1 is 0.606 bits per heavy atom. The number of urea groups is 2. The van der Waals surface area contributed by atoms with Gasteiger partial charge in [0.2, 0.25) is 0 Å². The van der Waals surface area contributed by atoms with Gasteiger partial charge in [0, 0.05) is 33.1 Å². The van der Waals surface area contributed by atoms with Crippen molar-refractivity contribution >= 4 is 35.9 Å². The van der Waals surface area contributed by atoms with E-state index in [1.807, 2.05) is 0 Å². The van der Waals surface area contributed by atoms with Crippen LogP contribution in [-0.2, 0) is 38.1 Å². The average Bonchev–Trinajstić information content (AvgIpc) is 2.68. The molecule has 0 aliphatic carbocycles. The number of amides is 4. The Bertz CT molecular complexity index is 722. The third-order valence-electron chi connectivity index (χ3n) is 5.12. The van der Waals surface area contributed by atoms with Crippen molar-refractivity contribution in [3.05, 3.63) is 0 Å². The summed E-state index contributed by atoms with van der Waals surface area (Å²) in [4.78, 5) is 77.0. The van der Waals surface area contributed by atoms with Crippen LogP contribution in [0.4, 0.5) is 9.59 Å². The SMILES string of the molecule is CC(=O)OCN1C(=O)N(COC(C)=O)C2N(COC(C)=O)C(=O)N(COC(C)=O)C1C2(C)C. The average molecular weight is 472 g/mol. The maximum atomic E-state index is 13.4.